The summed E-state index contributed by atoms with van der Waals surface area (Å²) in [5.74, 6) is 0.928. The van der Waals surface area contributed by atoms with E-state index in [-0.39, 0.29) is 11.2 Å². The molecule has 0 radical (unpaired) electrons. The number of rotatable bonds is 5. The van der Waals surface area contributed by atoms with Crippen LogP contribution in [0.1, 0.15) is 19.8 Å². The van der Waals surface area contributed by atoms with Crippen molar-refractivity contribution in [2.24, 2.45) is 5.73 Å². The predicted octanol–water partition coefficient (Wildman–Crippen LogP) is 0.277. The summed E-state index contributed by atoms with van der Waals surface area (Å²) < 4.78 is 0. The van der Waals surface area contributed by atoms with E-state index in [0.29, 0.717) is 0 Å². The third-order valence-electron chi connectivity index (χ3n) is 3.22. The largest absolute Gasteiger partial charge is 0.368 e. The molecule has 1 fully saturated rings. The van der Waals surface area contributed by atoms with Crippen molar-refractivity contribution < 1.29 is 4.79 Å². The topological polar surface area (TPSA) is 58.4 Å². The van der Waals surface area contributed by atoms with Crippen LogP contribution in [0.3, 0.4) is 0 Å². The Bertz CT molecular complexity index is 247. The summed E-state index contributed by atoms with van der Waals surface area (Å²) >= 11 is 1.84. The van der Waals surface area contributed by atoms with Gasteiger partial charge >= 0.3 is 0 Å². The van der Waals surface area contributed by atoms with Crippen LogP contribution in [-0.4, -0.2) is 54.5 Å². The zero-order valence-electron chi connectivity index (χ0n) is 10.5. The van der Waals surface area contributed by atoms with E-state index in [9.17, 15) is 4.79 Å². The zero-order chi connectivity index (χ0) is 12.2. The van der Waals surface area contributed by atoms with Gasteiger partial charge in [-0.3, -0.25) is 4.79 Å². The molecule has 1 aliphatic heterocycles. The molecule has 94 valence electrons. The fourth-order valence-electron chi connectivity index (χ4n) is 2.10. The van der Waals surface area contributed by atoms with E-state index in [1.807, 2.05) is 25.9 Å². The Morgan fingerprint density at radius 1 is 1.62 bits per heavy atom. The summed E-state index contributed by atoms with van der Waals surface area (Å²) in [7, 11) is 4.05. The van der Waals surface area contributed by atoms with Gasteiger partial charge in [-0.2, -0.15) is 11.8 Å². The highest BCUT2D eigenvalue weighted by molar-refractivity contribution is 8.00. The molecular formula is C11H23N3OS. The molecule has 0 saturated carbocycles. The molecule has 2 atom stereocenters. The summed E-state index contributed by atoms with van der Waals surface area (Å²) in [6.45, 7) is 3.82. The van der Waals surface area contributed by atoms with Crippen LogP contribution in [0.15, 0.2) is 0 Å². The second-order valence-electron chi connectivity index (χ2n) is 4.68. The molecule has 0 spiro atoms. The van der Waals surface area contributed by atoms with Gasteiger partial charge in [-0.05, 0) is 32.7 Å². The van der Waals surface area contributed by atoms with Crippen LogP contribution in [0.2, 0.25) is 0 Å². The first-order valence-corrected chi connectivity index (χ1v) is 6.85. The van der Waals surface area contributed by atoms with Gasteiger partial charge in [-0.25, -0.2) is 0 Å². The molecule has 0 bridgehead atoms. The Hall–Kier alpha value is -0.260. The lowest BCUT2D eigenvalue weighted by Gasteiger charge is -2.40. The Balaban J connectivity index is 2.61. The van der Waals surface area contributed by atoms with Gasteiger partial charge in [0.15, 0.2) is 0 Å². The Morgan fingerprint density at radius 2 is 2.31 bits per heavy atom. The smallest absolute Gasteiger partial charge is 0.238 e. The molecule has 2 unspecified atom stereocenters. The molecule has 0 aromatic rings. The van der Waals surface area contributed by atoms with E-state index in [1.54, 1.807) is 0 Å². The van der Waals surface area contributed by atoms with Crippen molar-refractivity contribution in [1.29, 1.82) is 0 Å². The standard InChI is InChI=1S/C11H23N3OS/c1-9-11(10(12)15,5-4-8-16-9)13-6-7-14(2)3/h9,13H,4-8H2,1-3H3,(H2,12,15). The number of hydrogen-bond donors (Lipinski definition) is 2. The van der Waals surface area contributed by atoms with Gasteiger partial charge in [0.1, 0.15) is 5.54 Å². The van der Waals surface area contributed by atoms with Crippen molar-refractivity contribution in [2.45, 2.75) is 30.6 Å². The number of carbonyl (C=O) groups excluding carboxylic acids is 1. The van der Waals surface area contributed by atoms with Crippen LogP contribution in [0, 0.1) is 0 Å². The van der Waals surface area contributed by atoms with E-state index >= 15 is 0 Å². The van der Waals surface area contributed by atoms with E-state index in [4.69, 9.17) is 5.73 Å². The van der Waals surface area contributed by atoms with Gasteiger partial charge in [0, 0.05) is 18.3 Å². The predicted molar refractivity (Wildman–Crippen MR) is 69.6 cm³/mol. The average Bonchev–Trinajstić information content (AvgIpc) is 2.20. The molecule has 1 saturated heterocycles. The molecule has 5 heteroatoms. The normalized spacial score (nSPS) is 30.6. The summed E-state index contributed by atoms with van der Waals surface area (Å²) in [5.41, 5.74) is 5.08. The van der Waals surface area contributed by atoms with Gasteiger partial charge in [-0.1, -0.05) is 6.92 Å². The lowest BCUT2D eigenvalue weighted by atomic mass is 9.88. The first kappa shape index (κ1) is 13.8. The lowest BCUT2D eigenvalue weighted by Crippen LogP contribution is -2.63. The van der Waals surface area contributed by atoms with Crippen LogP contribution in [0.5, 0.6) is 0 Å². The van der Waals surface area contributed by atoms with Crippen molar-refractivity contribution in [3.63, 3.8) is 0 Å². The number of nitrogens with one attached hydrogen (secondary N) is 1. The van der Waals surface area contributed by atoms with E-state index in [2.05, 4.69) is 17.1 Å². The minimum Gasteiger partial charge on any atom is -0.368 e. The number of nitrogens with two attached hydrogens (primary N) is 1. The number of thioether (sulfide) groups is 1. The van der Waals surface area contributed by atoms with Crippen molar-refractivity contribution in [3.05, 3.63) is 0 Å². The third-order valence-corrected chi connectivity index (χ3v) is 4.64. The molecule has 1 amide bonds. The number of nitrogens with zero attached hydrogens (tertiary/aromatic N) is 1. The molecule has 0 aromatic heterocycles. The first-order chi connectivity index (χ1) is 7.49. The van der Waals surface area contributed by atoms with E-state index in [0.717, 1.165) is 31.7 Å². The van der Waals surface area contributed by atoms with Crippen molar-refractivity contribution in [1.82, 2.24) is 10.2 Å². The highest BCUT2D eigenvalue weighted by Crippen LogP contribution is 2.33. The second kappa shape index (κ2) is 5.89. The summed E-state index contributed by atoms with van der Waals surface area (Å²) in [5, 5.41) is 3.64. The average molecular weight is 245 g/mol. The minimum absolute atomic E-state index is 0.203. The maximum absolute atomic E-state index is 11.7. The van der Waals surface area contributed by atoms with Crippen LogP contribution in [-0.2, 0) is 4.79 Å². The summed E-state index contributed by atoms with van der Waals surface area (Å²) in [6, 6.07) is 0. The molecule has 3 N–H and O–H groups in total. The highest BCUT2D eigenvalue weighted by atomic mass is 32.2. The quantitative estimate of drug-likeness (QED) is 0.730. The zero-order valence-corrected chi connectivity index (χ0v) is 11.3. The number of carbonyl (C=O) groups is 1. The van der Waals surface area contributed by atoms with Crippen molar-refractivity contribution in [3.8, 4) is 0 Å². The van der Waals surface area contributed by atoms with Crippen molar-refractivity contribution >= 4 is 17.7 Å². The summed E-state index contributed by atoms with van der Waals surface area (Å²) in [4.78, 5) is 13.8. The summed E-state index contributed by atoms with van der Waals surface area (Å²) in [6.07, 6.45) is 1.93. The molecule has 4 nitrogen and oxygen atoms in total. The fourth-order valence-corrected chi connectivity index (χ4v) is 3.37. The number of amides is 1. The molecule has 1 aliphatic rings. The number of hydrogen-bond acceptors (Lipinski definition) is 4. The molecular weight excluding hydrogens is 222 g/mol. The number of primary amides is 1. The third kappa shape index (κ3) is 3.12. The fraction of sp³-hybridized carbons (Fsp3) is 0.909. The van der Waals surface area contributed by atoms with E-state index in [1.165, 1.54) is 0 Å². The molecule has 0 aliphatic carbocycles. The molecule has 1 rings (SSSR count). The molecule has 1 heterocycles. The Morgan fingerprint density at radius 3 is 2.81 bits per heavy atom. The Labute approximate surface area is 102 Å². The minimum atomic E-state index is -0.501. The second-order valence-corrected chi connectivity index (χ2v) is 6.13. The lowest BCUT2D eigenvalue weighted by molar-refractivity contribution is -0.124. The van der Waals surface area contributed by atoms with E-state index < -0.39 is 5.54 Å². The van der Waals surface area contributed by atoms with Gasteiger partial charge < -0.3 is 16.0 Å². The molecule has 16 heavy (non-hydrogen) atoms. The van der Waals surface area contributed by atoms with Gasteiger partial charge in [0.2, 0.25) is 5.91 Å². The van der Waals surface area contributed by atoms with Crippen LogP contribution >= 0.6 is 11.8 Å². The maximum Gasteiger partial charge on any atom is 0.238 e. The van der Waals surface area contributed by atoms with Crippen LogP contribution < -0.4 is 11.1 Å². The van der Waals surface area contributed by atoms with Gasteiger partial charge in [0.25, 0.3) is 0 Å². The Kier molecular flexibility index (Phi) is 5.08. The maximum atomic E-state index is 11.7. The SMILES string of the molecule is CC1SCCCC1(NCCN(C)C)C(N)=O. The molecule has 0 aromatic carbocycles. The van der Waals surface area contributed by atoms with Crippen molar-refractivity contribution in [2.75, 3.05) is 32.9 Å². The monoisotopic (exact) mass is 245 g/mol. The van der Waals surface area contributed by atoms with Gasteiger partial charge in [0.05, 0.1) is 0 Å². The highest BCUT2D eigenvalue weighted by Gasteiger charge is 2.43. The first-order valence-electron chi connectivity index (χ1n) is 5.80. The van der Waals surface area contributed by atoms with Crippen LogP contribution in [0.4, 0.5) is 0 Å². The number of likely N-dealkylation sites (N-methyl/N-ethyl adjacent to an activating group) is 1. The van der Waals surface area contributed by atoms with Gasteiger partial charge in [-0.15, -0.1) is 0 Å². The van der Waals surface area contributed by atoms with Crippen LogP contribution in [0.25, 0.3) is 0 Å².